The van der Waals surface area contributed by atoms with E-state index >= 15 is 0 Å². The Bertz CT molecular complexity index is 2070. The van der Waals surface area contributed by atoms with Gasteiger partial charge in [0.25, 0.3) is 0 Å². The molecule has 0 aromatic heterocycles. The van der Waals surface area contributed by atoms with Gasteiger partial charge in [-0.2, -0.15) is 0 Å². The predicted octanol–water partition coefficient (Wildman–Crippen LogP) is 14.7. The molecule has 0 heterocycles. The summed E-state index contributed by atoms with van der Waals surface area (Å²) in [5, 5.41) is 30.8. The molecule has 0 radical (unpaired) electrons. The lowest BCUT2D eigenvalue weighted by atomic mass is 9.69. The molecule has 4 aromatic carbocycles. The number of unbranched alkanes of at least 4 members (excludes halogenated alkanes) is 2. The first-order valence-electron chi connectivity index (χ1n) is 24.1. The number of aromatic hydroxyl groups is 1. The van der Waals surface area contributed by atoms with Crippen molar-refractivity contribution in [2.45, 2.75) is 191 Å². The molecular weight excluding hydrogens is 775 g/mol. The lowest BCUT2D eigenvalue weighted by molar-refractivity contribution is 0.0559. The predicted molar refractivity (Wildman–Crippen MR) is 267 cm³/mol. The molecular formula is C58H85NO4. The lowest BCUT2D eigenvalue weighted by Gasteiger charge is -2.34. The largest absolute Gasteiger partial charge is 0.508 e. The van der Waals surface area contributed by atoms with Gasteiger partial charge in [-0.05, 0) is 171 Å². The SMILES string of the molecule is CCC(CC)(c1ccc(O)c(C)c1)c1ccc(CCC(O)C(C)(C)C)c(C)c1.[C-]#[N+]CCCCCOc1ccc(C(CC)(CC)c2ccc(CCC(O)C(C)(C)C)c(C)c2)cc1C. The Balaban J connectivity index is 0.000000344. The molecule has 0 aliphatic heterocycles. The van der Waals surface area contributed by atoms with Gasteiger partial charge >= 0.3 is 0 Å². The second kappa shape index (κ2) is 23.7. The molecule has 346 valence electrons. The fraction of sp³-hybridized carbons (Fsp3) is 0.569. The minimum atomic E-state index is -0.297. The van der Waals surface area contributed by atoms with Gasteiger partial charge in [-0.15, -0.1) is 0 Å². The molecule has 2 atom stereocenters. The number of hydrogen-bond acceptors (Lipinski definition) is 4. The van der Waals surface area contributed by atoms with Crippen LogP contribution in [0.2, 0.25) is 0 Å². The second-order valence-electron chi connectivity index (χ2n) is 20.5. The Hall–Kier alpha value is -4.11. The van der Waals surface area contributed by atoms with Crippen LogP contribution in [0.1, 0.15) is 183 Å². The second-order valence-corrected chi connectivity index (χ2v) is 20.5. The first-order chi connectivity index (χ1) is 29.6. The molecule has 3 N–H and O–H groups in total. The zero-order valence-electron chi connectivity index (χ0n) is 42.0. The van der Waals surface area contributed by atoms with Gasteiger partial charge in [-0.1, -0.05) is 130 Å². The normalized spacial score (nSPS) is 13.2. The minimum Gasteiger partial charge on any atom is -0.508 e. The zero-order valence-corrected chi connectivity index (χ0v) is 42.0. The van der Waals surface area contributed by atoms with Crippen LogP contribution in [0, 0.1) is 45.1 Å². The highest BCUT2D eigenvalue weighted by Gasteiger charge is 2.33. The molecule has 0 amide bonds. The number of rotatable bonds is 20. The smallest absolute Gasteiger partial charge is 0.214 e. The molecule has 0 saturated carbocycles. The van der Waals surface area contributed by atoms with E-state index in [9.17, 15) is 15.3 Å². The quantitative estimate of drug-likeness (QED) is 0.0611. The highest BCUT2D eigenvalue weighted by molar-refractivity contribution is 5.48. The summed E-state index contributed by atoms with van der Waals surface area (Å²) >= 11 is 0. The van der Waals surface area contributed by atoms with Crippen molar-refractivity contribution in [3.8, 4) is 11.5 Å². The first-order valence-corrected chi connectivity index (χ1v) is 24.1. The number of aliphatic hydroxyl groups is 2. The molecule has 0 aliphatic carbocycles. The van der Waals surface area contributed by atoms with Gasteiger partial charge in [-0.25, -0.2) is 6.57 Å². The van der Waals surface area contributed by atoms with Crippen LogP contribution in [-0.2, 0) is 23.7 Å². The van der Waals surface area contributed by atoms with Gasteiger partial charge in [0.1, 0.15) is 11.5 Å². The number of phenols is 1. The number of nitrogens with zero attached hydrogens (tertiary/aromatic N) is 1. The molecule has 5 nitrogen and oxygen atoms in total. The van der Waals surface area contributed by atoms with E-state index in [0.29, 0.717) is 18.9 Å². The van der Waals surface area contributed by atoms with Gasteiger partial charge in [-0.3, -0.25) is 0 Å². The van der Waals surface area contributed by atoms with E-state index in [4.69, 9.17) is 11.3 Å². The minimum absolute atomic E-state index is 0.0305. The summed E-state index contributed by atoms with van der Waals surface area (Å²) in [6.07, 6.45) is 9.85. The van der Waals surface area contributed by atoms with Crippen LogP contribution in [0.4, 0.5) is 0 Å². The molecule has 0 spiro atoms. The van der Waals surface area contributed by atoms with Crippen LogP contribution >= 0.6 is 0 Å². The molecule has 0 bridgehead atoms. The van der Waals surface area contributed by atoms with Crippen molar-refractivity contribution >= 4 is 0 Å². The number of hydrogen-bond donors (Lipinski definition) is 3. The third-order valence-corrected chi connectivity index (χ3v) is 14.2. The van der Waals surface area contributed by atoms with Crippen LogP contribution in [-0.4, -0.2) is 40.7 Å². The summed E-state index contributed by atoms with van der Waals surface area (Å²) in [7, 11) is 0. The Morgan fingerprint density at radius 2 is 0.937 bits per heavy atom. The molecule has 2 unspecified atom stereocenters. The van der Waals surface area contributed by atoms with Gasteiger partial charge in [0, 0.05) is 17.3 Å². The number of aryl methyl sites for hydroxylation is 6. The average molecular weight is 860 g/mol. The summed E-state index contributed by atoms with van der Waals surface area (Å²) < 4.78 is 6.06. The molecule has 0 fully saturated rings. The van der Waals surface area contributed by atoms with Gasteiger partial charge < -0.3 is 24.9 Å². The summed E-state index contributed by atoms with van der Waals surface area (Å²) in [6, 6.07) is 26.5. The lowest BCUT2D eigenvalue weighted by Crippen LogP contribution is -2.27. The monoisotopic (exact) mass is 860 g/mol. The highest BCUT2D eigenvalue weighted by atomic mass is 16.5. The van der Waals surface area contributed by atoms with E-state index in [-0.39, 0.29) is 33.9 Å². The fourth-order valence-corrected chi connectivity index (χ4v) is 9.18. The molecule has 4 aromatic rings. The van der Waals surface area contributed by atoms with E-state index < -0.39 is 0 Å². The van der Waals surface area contributed by atoms with Crippen molar-refractivity contribution in [2.24, 2.45) is 10.8 Å². The molecule has 0 aliphatic rings. The number of aliphatic hydroxyl groups excluding tert-OH is 2. The van der Waals surface area contributed by atoms with Crippen molar-refractivity contribution in [1.82, 2.24) is 0 Å². The van der Waals surface area contributed by atoms with E-state index in [0.717, 1.165) is 81.9 Å². The van der Waals surface area contributed by atoms with Crippen molar-refractivity contribution in [1.29, 1.82) is 0 Å². The van der Waals surface area contributed by atoms with E-state index in [2.05, 4.69) is 162 Å². The van der Waals surface area contributed by atoms with E-state index in [1.54, 1.807) is 0 Å². The summed E-state index contributed by atoms with van der Waals surface area (Å²) in [6.45, 7) is 38.3. The Labute approximate surface area is 384 Å². The summed E-state index contributed by atoms with van der Waals surface area (Å²) in [5.41, 5.74) is 12.4. The standard InChI is InChI=1S/C32H47NO2.C26H38O2/c1-9-32(10-2,27-16-14-26(24(3)22-27)15-19-30(34)31(5,6)7)28-17-18-29(25(4)23-28)35-21-13-11-12-20-33-8;1-8-26(9-2,22-13-14-23(27)19(4)17-22)21-12-10-20(18(3)16-21)11-15-24(28)25(5,6)7/h14,16-18,22-23,30,34H,9-13,15,19-21H2,1-7H3;10,12-14,16-17,24,27-28H,8-9,11,15H2,1-7H3. The Morgan fingerprint density at radius 1 is 0.540 bits per heavy atom. The van der Waals surface area contributed by atoms with Crippen LogP contribution in [0.25, 0.3) is 4.85 Å². The van der Waals surface area contributed by atoms with Crippen molar-refractivity contribution in [2.75, 3.05) is 13.2 Å². The van der Waals surface area contributed by atoms with Gasteiger partial charge in [0.05, 0.1) is 18.8 Å². The Kier molecular flexibility index (Phi) is 20.0. The third-order valence-electron chi connectivity index (χ3n) is 14.2. The fourth-order valence-electron chi connectivity index (χ4n) is 9.18. The van der Waals surface area contributed by atoms with E-state index in [1.807, 2.05) is 13.0 Å². The maximum Gasteiger partial charge on any atom is 0.214 e. The van der Waals surface area contributed by atoms with Crippen molar-refractivity contribution in [3.05, 3.63) is 140 Å². The van der Waals surface area contributed by atoms with Gasteiger partial charge in [0.2, 0.25) is 6.54 Å². The average Bonchev–Trinajstić information content (AvgIpc) is 3.24. The van der Waals surface area contributed by atoms with Crippen LogP contribution in [0.3, 0.4) is 0 Å². The molecule has 63 heavy (non-hydrogen) atoms. The summed E-state index contributed by atoms with van der Waals surface area (Å²) in [5.74, 6) is 1.32. The van der Waals surface area contributed by atoms with Crippen LogP contribution in [0.15, 0.2) is 72.8 Å². The zero-order chi connectivity index (χ0) is 47.2. The van der Waals surface area contributed by atoms with Crippen LogP contribution in [0.5, 0.6) is 11.5 Å². The number of phenolic OH excluding ortho intramolecular Hbond substituents is 1. The maximum absolute atomic E-state index is 10.5. The van der Waals surface area contributed by atoms with Gasteiger partial charge in [0.15, 0.2) is 0 Å². The number of ether oxygens (including phenoxy) is 1. The number of benzene rings is 4. The van der Waals surface area contributed by atoms with Crippen molar-refractivity contribution in [3.63, 3.8) is 0 Å². The maximum atomic E-state index is 10.5. The van der Waals surface area contributed by atoms with E-state index in [1.165, 1.54) is 50.1 Å². The molecule has 0 saturated heterocycles. The Morgan fingerprint density at radius 3 is 1.30 bits per heavy atom. The van der Waals surface area contributed by atoms with Crippen LogP contribution < -0.4 is 4.74 Å². The third kappa shape index (κ3) is 13.9. The highest BCUT2D eigenvalue weighted by Crippen LogP contribution is 2.43. The first kappa shape index (κ1) is 53.2. The molecule has 5 heteroatoms. The molecule has 4 rings (SSSR count). The van der Waals surface area contributed by atoms with Crippen molar-refractivity contribution < 1.29 is 20.1 Å². The summed E-state index contributed by atoms with van der Waals surface area (Å²) in [4.78, 5) is 3.41. The topological polar surface area (TPSA) is 74.3 Å².